The highest BCUT2D eigenvalue weighted by molar-refractivity contribution is 5.73. The van der Waals surface area contributed by atoms with Crippen LogP contribution in [0, 0.1) is 0 Å². The second-order valence-corrected chi connectivity index (χ2v) is 4.19. The maximum absolute atomic E-state index is 10.6. The number of aromatic nitrogens is 2. The highest BCUT2D eigenvalue weighted by atomic mass is 16.5. The first-order valence-corrected chi connectivity index (χ1v) is 6.60. The van der Waals surface area contributed by atoms with Crippen LogP contribution in [0.2, 0.25) is 0 Å². The molecule has 1 rings (SSSR count). The van der Waals surface area contributed by atoms with Crippen LogP contribution in [0.3, 0.4) is 0 Å². The van der Waals surface area contributed by atoms with E-state index < -0.39 is 0 Å². The van der Waals surface area contributed by atoms with E-state index in [9.17, 15) is 4.79 Å². The predicted octanol–water partition coefficient (Wildman–Crippen LogP) is 0.366. The number of anilines is 2. The van der Waals surface area contributed by atoms with Crippen molar-refractivity contribution in [3.63, 3.8) is 0 Å². The van der Waals surface area contributed by atoms with E-state index in [1.165, 1.54) is 0 Å². The molecule has 0 unspecified atom stereocenters. The fourth-order valence-electron chi connectivity index (χ4n) is 1.56. The molecule has 0 aromatic carbocycles. The summed E-state index contributed by atoms with van der Waals surface area (Å²) in [4.78, 5) is 19.1. The number of hydrazine groups is 1. The van der Waals surface area contributed by atoms with Crippen LogP contribution in [0.15, 0.2) is 6.07 Å². The lowest BCUT2D eigenvalue weighted by molar-refractivity contribution is -0.118. The minimum Gasteiger partial charge on any atom is -0.374 e. The molecule has 8 heteroatoms. The normalized spacial score (nSPS) is 10.3. The molecular formula is C12H22N6O2. The first kappa shape index (κ1) is 16.1. The lowest BCUT2D eigenvalue weighted by atomic mass is 10.2. The minimum absolute atomic E-state index is 0.277. The summed E-state index contributed by atoms with van der Waals surface area (Å²) in [6, 6.07) is 1.71. The molecule has 0 aliphatic rings. The fourth-order valence-corrected chi connectivity index (χ4v) is 1.56. The maximum Gasteiger partial charge on any atom is 0.217 e. The number of nitrogens with one attached hydrogen (secondary N) is 2. The van der Waals surface area contributed by atoms with E-state index in [0.717, 1.165) is 12.8 Å². The highest BCUT2D eigenvalue weighted by Gasteiger charge is 2.04. The van der Waals surface area contributed by atoms with E-state index in [1.807, 2.05) is 6.92 Å². The number of amides is 1. The van der Waals surface area contributed by atoms with Gasteiger partial charge in [-0.15, -0.1) is 0 Å². The average Bonchev–Trinajstić information content (AvgIpc) is 2.44. The topological polar surface area (TPSA) is 128 Å². The lowest BCUT2D eigenvalue weighted by Gasteiger charge is -2.09. The monoisotopic (exact) mass is 282 g/mol. The van der Waals surface area contributed by atoms with Crippen LogP contribution in [0.25, 0.3) is 0 Å². The zero-order valence-corrected chi connectivity index (χ0v) is 11.7. The molecular weight excluding hydrogens is 260 g/mol. The van der Waals surface area contributed by atoms with Crippen molar-refractivity contribution in [2.45, 2.75) is 32.8 Å². The van der Waals surface area contributed by atoms with E-state index in [1.54, 1.807) is 6.07 Å². The van der Waals surface area contributed by atoms with Crippen LogP contribution >= 0.6 is 0 Å². The molecule has 0 saturated heterocycles. The van der Waals surface area contributed by atoms with Gasteiger partial charge in [0.2, 0.25) is 5.91 Å². The quantitative estimate of drug-likeness (QED) is 0.277. The third-order valence-electron chi connectivity index (χ3n) is 2.51. The molecule has 0 aliphatic heterocycles. The molecule has 6 N–H and O–H groups in total. The summed E-state index contributed by atoms with van der Waals surface area (Å²) < 4.78 is 5.27. The molecule has 1 amide bonds. The van der Waals surface area contributed by atoms with Crippen LogP contribution < -0.4 is 22.3 Å². The Hall–Kier alpha value is -1.93. The third-order valence-corrected chi connectivity index (χ3v) is 2.51. The molecule has 20 heavy (non-hydrogen) atoms. The van der Waals surface area contributed by atoms with Crippen molar-refractivity contribution in [2.24, 2.45) is 11.6 Å². The van der Waals surface area contributed by atoms with Crippen molar-refractivity contribution in [3.8, 4) is 0 Å². The van der Waals surface area contributed by atoms with Crippen molar-refractivity contribution < 1.29 is 9.53 Å². The standard InChI is InChI=1S/C12H22N6O2/c1-2-20-8-12-16-10(7-11(17-12)18-14)15-6-4-3-5-9(13)19/h7H,2-6,8,14H2,1H3,(H2,13,19)(H2,15,16,17,18). The average molecular weight is 282 g/mol. The van der Waals surface area contributed by atoms with Crippen LogP contribution in [0.5, 0.6) is 0 Å². The number of nitrogens with two attached hydrogens (primary N) is 2. The van der Waals surface area contributed by atoms with Crippen LogP contribution in [0.1, 0.15) is 32.0 Å². The van der Waals surface area contributed by atoms with E-state index in [-0.39, 0.29) is 5.91 Å². The number of primary amides is 1. The Kier molecular flexibility index (Phi) is 7.30. The number of rotatable bonds is 10. The lowest BCUT2D eigenvalue weighted by Crippen LogP contribution is -2.14. The number of nitrogens with zero attached hydrogens (tertiary/aromatic N) is 2. The summed E-state index contributed by atoms with van der Waals surface area (Å²) in [7, 11) is 0. The first-order chi connectivity index (χ1) is 9.65. The van der Waals surface area contributed by atoms with E-state index in [2.05, 4.69) is 20.7 Å². The Bertz CT molecular complexity index is 426. The van der Waals surface area contributed by atoms with Crippen molar-refractivity contribution >= 4 is 17.5 Å². The van der Waals surface area contributed by atoms with Gasteiger partial charge >= 0.3 is 0 Å². The number of unbranched alkanes of at least 4 members (excludes halogenated alkanes) is 1. The van der Waals surface area contributed by atoms with E-state index >= 15 is 0 Å². The van der Waals surface area contributed by atoms with E-state index in [0.29, 0.717) is 43.6 Å². The molecule has 0 aliphatic carbocycles. The first-order valence-electron chi connectivity index (χ1n) is 6.60. The van der Waals surface area contributed by atoms with Gasteiger partial charge in [0.1, 0.15) is 18.2 Å². The van der Waals surface area contributed by atoms with Gasteiger partial charge in [-0.25, -0.2) is 15.8 Å². The summed E-state index contributed by atoms with van der Waals surface area (Å²) in [6.45, 7) is 3.53. The van der Waals surface area contributed by atoms with Gasteiger partial charge in [-0.1, -0.05) is 0 Å². The van der Waals surface area contributed by atoms with Crippen LogP contribution in [-0.4, -0.2) is 29.0 Å². The molecule has 0 fully saturated rings. The second kappa shape index (κ2) is 9.05. The van der Waals surface area contributed by atoms with Gasteiger partial charge < -0.3 is 21.2 Å². The number of ether oxygens (including phenoxy) is 1. The zero-order valence-electron chi connectivity index (χ0n) is 11.7. The SMILES string of the molecule is CCOCc1nc(NN)cc(NCCCCC(N)=O)n1. The molecule has 0 atom stereocenters. The number of hydrogen-bond acceptors (Lipinski definition) is 7. The molecule has 1 heterocycles. The molecule has 0 radical (unpaired) electrons. The number of carbonyl (C=O) groups excluding carboxylic acids is 1. The molecule has 0 spiro atoms. The largest absolute Gasteiger partial charge is 0.374 e. The Morgan fingerprint density at radius 2 is 2.10 bits per heavy atom. The molecule has 1 aromatic heterocycles. The van der Waals surface area contributed by atoms with Gasteiger partial charge in [0.05, 0.1) is 0 Å². The van der Waals surface area contributed by atoms with Gasteiger partial charge in [0.15, 0.2) is 5.82 Å². The minimum atomic E-state index is -0.277. The summed E-state index contributed by atoms with van der Waals surface area (Å²) in [5, 5.41) is 3.16. The molecule has 0 saturated carbocycles. The Labute approximate surface area is 118 Å². The molecule has 8 nitrogen and oxygen atoms in total. The van der Waals surface area contributed by atoms with Crippen LogP contribution in [0.4, 0.5) is 11.6 Å². The Morgan fingerprint density at radius 3 is 2.75 bits per heavy atom. The smallest absolute Gasteiger partial charge is 0.217 e. The Balaban J connectivity index is 2.48. The Morgan fingerprint density at radius 1 is 1.35 bits per heavy atom. The van der Waals surface area contributed by atoms with Crippen molar-refractivity contribution in [1.82, 2.24) is 9.97 Å². The third kappa shape index (κ3) is 6.30. The van der Waals surface area contributed by atoms with Gasteiger partial charge in [-0.2, -0.15) is 0 Å². The van der Waals surface area contributed by atoms with Gasteiger partial charge in [-0.3, -0.25) is 4.79 Å². The predicted molar refractivity (Wildman–Crippen MR) is 76.7 cm³/mol. The molecule has 112 valence electrons. The fraction of sp³-hybridized carbons (Fsp3) is 0.583. The number of carbonyl (C=O) groups is 1. The molecule has 1 aromatic rings. The number of nitrogen functional groups attached to an aromatic ring is 1. The van der Waals surface area contributed by atoms with Gasteiger partial charge in [0, 0.05) is 25.6 Å². The van der Waals surface area contributed by atoms with Crippen LogP contribution in [-0.2, 0) is 16.1 Å². The van der Waals surface area contributed by atoms with Crippen molar-refractivity contribution in [2.75, 3.05) is 23.9 Å². The summed E-state index contributed by atoms with van der Waals surface area (Å²) in [6.07, 6.45) is 1.98. The summed E-state index contributed by atoms with van der Waals surface area (Å²) in [5.41, 5.74) is 7.57. The van der Waals surface area contributed by atoms with Crippen molar-refractivity contribution in [3.05, 3.63) is 11.9 Å². The van der Waals surface area contributed by atoms with Crippen molar-refractivity contribution in [1.29, 1.82) is 0 Å². The summed E-state index contributed by atoms with van der Waals surface area (Å²) >= 11 is 0. The zero-order chi connectivity index (χ0) is 14.8. The summed E-state index contributed by atoms with van der Waals surface area (Å²) in [5.74, 6) is 6.84. The maximum atomic E-state index is 10.6. The molecule has 0 bridgehead atoms. The van der Waals surface area contributed by atoms with E-state index in [4.69, 9.17) is 16.3 Å². The van der Waals surface area contributed by atoms with Gasteiger partial charge in [-0.05, 0) is 19.8 Å². The highest BCUT2D eigenvalue weighted by Crippen LogP contribution is 2.11. The second-order valence-electron chi connectivity index (χ2n) is 4.19. The number of hydrogen-bond donors (Lipinski definition) is 4. The van der Waals surface area contributed by atoms with Gasteiger partial charge in [0.25, 0.3) is 0 Å².